The lowest BCUT2D eigenvalue weighted by Gasteiger charge is -2.39. The lowest BCUT2D eigenvalue weighted by molar-refractivity contribution is -0.277. The van der Waals surface area contributed by atoms with E-state index in [0.29, 0.717) is 36.7 Å². The van der Waals surface area contributed by atoms with Crippen molar-refractivity contribution < 1.29 is 53.6 Å². The molecule has 0 radical (unpaired) electrons. The fourth-order valence-corrected chi connectivity index (χ4v) is 4.85. The van der Waals surface area contributed by atoms with Crippen LogP contribution in [0.25, 0.3) is 0 Å². The smallest absolute Gasteiger partial charge is 0.309 e. The minimum atomic E-state index is -1.56. The number of carbonyl (C=O) groups is 1. The van der Waals surface area contributed by atoms with Crippen LogP contribution in [0.15, 0.2) is 36.4 Å². The summed E-state index contributed by atoms with van der Waals surface area (Å²) in [5, 5.41) is 39.7. The summed E-state index contributed by atoms with van der Waals surface area (Å²) in [6.45, 7) is -0.254. The van der Waals surface area contributed by atoms with Gasteiger partial charge in [-0.3, -0.25) is 4.79 Å². The summed E-state index contributed by atoms with van der Waals surface area (Å²) in [5.74, 6) is 1.10. The van der Waals surface area contributed by atoms with Gasteiger partial charge in [0, 0.05) is 5.92 Å². The predicted molar refractivity (Wildman–Crippen MR) is 132 cm³/mol. The van der Waals surface area contributed by atoms with Crippen molar-refractivity contribution in [3.05, 3.63) is 47.5 Å². The van der Waals surface area contributed by atoms with E-state index in [1.165, 1.54) is 7.11 Å². The van der Waals surface area contributed by atoms with E-state index in [1.807, 2.05) is 18.2 Å². The number of benzene rings is 2. The number of hydrogen-bond acceptors (Lipinski definition) is 11. The molecule has 38 heavy (non-hydrogen) atoms. The minimum absolute atomic E-state index is 0.0448. The summed E-state index contributed by atoms with van der Waals surface area (Å²) in [7, 11) is 4.60. The molecule has 4 rings (SSSR count). The second-order valence-corrected chi connectivity index (χ2v) is 9.39. The van der Waals surface area contributed by atoms with E-state index < -0.39 is 37.3 Å². The lowest BCUT2D eigenvalue weighted by atomic mass is 9.85. The van der Waals surface area contributed by atoms with Crippen LogP contribution in [0.5, 0.6) is 23.0 Å². The standard InChI is InChI=1S/C27H34O11/c1-33-18-6-4-14(10-20(18)34-2)8-16-13-36-26(32)17(16)9-15-5-7-19(21(11-15)35-3)37-27-25(31)24(30)23(29)22(12-28)38-27/h4-7,10-11,16-17,22-25,27-31H,8-9,12-13H2,1-3H3/t16-,17+,22-,23-,24+,25-,27+/m1/s1. The Hall–Kier alpha value is -3.09. The molecule has 0 bridgehead atoms. The first-order chi connectivity index (χ1) is 18.3. The molecule has 2 aliphatic heterocycles. The first-order valence-corrected chi connectivity index (χ1v) is 12.3. The molecule has 208 valence electrons. The van der Waals surface area contributed by atoms with Crippen LogP contribution in [0.1, 0.15) is 11.1 Å². The molecule has 2 aliphatic rings. The zero-order valence-corrected chi connectivity index (χ0v) is 21.5. The summed E-state index contributed by atoms with van der Waals surface area (Å²) in [4.78, 5) is 12.6. The molecule has 0 saturated carbocycles. The van der Waals surface area contributed by atoms with Crippen molar-refractivity contribution in [2.24, 2.45) is 11.8 Å². The first-order valence-electron chi connectivity index (χ1n) is 12.3. The Kier molecular flexibility index (Phi) is 8.95. The van der Waals surface area contributed by atoms with Gasteiger partial charge in [-0.1, -0.05) is 12.1 Å². The monoisotopic (exact) mass is 534 g/mol. The zero-order valence-electron chi connectivity index (χ0n) is 21.5. The zero-order chi connectivity index (χ0) is 27.4. The van der Waals surface area contributed by atoms with E-state index in [-0.39, 0.29) is 23.6 Å². The number of aliphatic hydroxyl groups is 4. The molecule has 2 aromatic rings. The van der Waals surface area contributed by atoms with Gasteiger partial charge in [0.25, 0.3) is 0 Å². The van der Waals surface area contributed by atoms with Gasteiger partial charge in [-0.2, -0.15) is 0 Å². The molecule has 4 N–H and O–H groups in total. The van der Waals surface area contributed by atoms with Crippen LogP contribution in [0.4, 0.5) is 0 Å². The van der Waals surface area contributed by atoms with Crippen molar-refractivity contribution in [2.45, 2.75) is 43.5 Å². The average molecular weight is 535 g/mol. The molecule has 2 fully saturated rings. The Morgan fingerprint density at radius 2 is 1.42 bits per heavy atom. The van der Waals surface area contributed by atoms with Crippen molar-refractivity contribution in [2.75, 3.05) is 34.5 Å². The van der Waals surface area contributed by atoms with Crippen molar-refractivity contribution in [1.29, 1.82) is 0 Å². The quantitative estimate of drug-likeness (QED) is 0.315. The third-order valence-corrected chi connectivity index (χ3v) is 7.03. The molecule has 11 heteroatoms. The summed E-state index contributed by atoms with van der Waals surface area (Å²) in [5.41, 5.74) is 1.81. The molecule has 11 nitrogen and oxygen atoms in total. The predicted octanol–water partition coefficient (Wildman–Crippen LogP) is 0.466. The Labute approximate surface area is 220 Å². The fraction of sp³-hybridized carbons (Fsp3) is 0.519. The minimum Gasteiger partial charge on any atom is -0.493 e. The van der Waals surface area contributed by atoms with Gasteiger partial charge in [0.15, 0.2) is 23.0 Å². The molecule has 0 aliphatic carbocycles. The Morgan fingerprint density at radius 3 is 2.05 bits per heavy atom. The highest BCUT2D eigenvalue weighted by Crippen LogP contribution is 2.36. The third kappa shape index (κ3) is 5.82. The van der Waals surface area contributed by atoms with Crippen molar-refractivity contribution in [3.63, 3.8) is 0 Å². The van der Waals surface area contributed by atoms with Crippen LogP contribution in [0.2, 0.25) is 0 Å². The van der Waals surface area contributed by atoms with Crippen LogP contribution in [-0.4, -0.2) is 91.6 Å². The van der Waals surface area contributed by atoms with Gasteiger partial charge in [0.1, 0.15) is 24.4 Å². The van der Waals surface area contributed by atoms with Crippen molar-refractivity contribution in [1.82, 2.24) is 0 Å². The van der Waals surface area contributed by atoms with E-state index >= 15 is 0 Å². The molecule has 2 aromatic carbocycles. The molecule has 0 aromatic heterocycles. The van der Waals surface area contributed by atoms with E-state index in [1.54, 1.807) is 32.4 Å². The summed E-state index contributed by atoms with van der Waals surface area (Å²) < 4.78 is 32.7. The number of rotatable bonds is 10. The Bertz CT molecular complexity index is 1100. The Morgan fingerprint density at radius 1 is 0.816 bits per heavy atom. The lowest BCUT2D eigenvalue weighted by Crippen LogP contribution is -2.60. The molecular formula is C27H34O11. The van der Waals surface area contributed by atoms with E-state index in [0.717, 1.165) is 11.1 Å². The van der Waals surface area contributed by atoms with E-state index in [4.69, 9.17) is 28.4 Å². The van der Waals surface area contributed by atoms with Crippen LogP contribution >= 0.6 is 0 Å². The maximum atomic E-state index is 12.6. The highest BCUT2D eigenvalue weighted by Gasteiger charge is 2.45. The fourth-order valence-electron chi connectivity index (χ4n) is 4.85. The van der Waals surface area contributed by atoms with Crippen molar-refractivity contribution >= 4 is 5.97 Å². The summed E-state index contributed by atoms with van der Waals surface area (Å²) in [6, 6.07) is 10.8. The largest absolute Gasteiger partial charge is 0.493 e. The van der Waals surface area contributed by atoms with E-state index in [9.17, 15) is 25.2 Å². The maximum absolute atomic E-state index is 12.6. The van der Waals surface area contributed by atoms with Gasteiger partial charge in [0.2, 0.25) is 6.29 Å². The molecule has 0 unspecified atom stereocenters. The second kappa shape index (κ2) is 12.2. The van der Waals surface area contributed by atoms with Gasteiger partial charge in [-0.25, -0.2) is 0 Å². The molecule has 0 amide bonds. The third-order valence-electron chi connectivity index (χ3n) is 7.03. The number of esters is 1. The Balaban J connectivity index is 1.47. The summed E-state index contributed by atoms with van der Waals surface area (Å²) >= 11 is 0. The molecule has 0 spiro atoms. The van der Waals surface area contributed by atoms with Gasteiger partial charge in [-0.15, -0.1) is 0 Å². The van der Waals surface area contributed by atoms with Gasteiger partial charge in [0.05, 0.1) is 40.5 Å². The molecule has 2 heterocycles. The molecule has 2 saturated heterocycles. The highest BCUT2D eigenvalue weighted by molar-refractivity contribution is 5.75. The van der Waals surface area contributed by atoms with Gasteiger partial charge < -0.3 is 48.8 Å². The number of methoxy groups -OCH3 is 3. The highest BCUT2D eigenvalue weighted by atomic mass is 16.7. The second-order valence-electron chi connectivity index (χ2n) is 9.39. The van der Waals surface area contributed by atoms with Crippen LogP contribution in [0, 0.1) is 11.8 Å². The number of aliphatic hydroxyl groups excluding tert-OH is 4. The number of cyclic esters (lactones) is 1. The van der Waals surface area contributed by atoms with Crippen molar-refractivity contribution in [3.8, 4) is 23.0 Å². The van der Waals surface area contributed by atoms with Crippen LogP contribution in [-0.2, 0) is 27.1 Å². The normalized spacial score (nSPS) is 29.0. The van der Waals surface area contributed by atoms with Gasteiger partial charge in [-0.05, 0) is 48.2 Å². The number of carbonyl (C=O) groups excluding carboxylic acids is 1. The number of hydrogen-bond donors (Lipinski definition) is 4. The number of ether oxygens (including phenoxy) is 6. The summed E-state index contributed by atoms with van der Waals surface area (Å²) in [6.07, 6.45) is -6.02. The SMILES string of the molecule is COc1ccc(C[C@@H]2COC(=O)[C@H]2Cc2ccc(O[C@H]3O[C@H](CO)[C@@H](O)[C@H](O)[C@H]3O)c(OC)c2)cc1OC. The molecular weight excluding hydrogens is 500 g/mol. The van der Waals surface area contributed by atoms with Crippen LogP contribution < -0.4 is 18.9 Å². The van der Waals surface area contributed by atoms with Crippen LogP contribution in [0.3, 0.4) is 0 Å². The first kappa shape index (κ1) is 27.9. The molecule has 7 atom stereocenters. The topological polar surface area (TPSA) is 153 Å². The van der Waals surface area contributed by atoms with Gasteiger partial charge >= 0.3 is 5.97 Å². The maximum Gasteiger partial charge on any atom is 0.309 e. The van der Waals surface area contributed by atoms with E-state index in [2.05, 4.69) is 0 Å². The average Bonchev–Trinajstić information content (AvgIpc) is 3.27.